The van der Waals surface area contributed by atoms with Crippen molar-refractivity contribution in [2.45, 2.75) is 24.4 Å². The Labute approximate surface area is 177 Å². The second kappa shape index (κ2) is 8.25. The fourth-order valence-electron chi connectivity index (χ4n) is 3.89. The molecule has 9 heteroatoms. The zero-order chi connectivity index (χ0) is 22.0. The number of nitrogens with zero attached hydrogens (tertiary/aromatic N) is 3. The highest BCUT2D eigenvalue weighted by molar-refractivity contribution is 5.99. The van der Waals surface area contributed by atoms with Gasteiger partial charge in [0.25, 0.3) is 5.91 Å². The number of halogens is 2. The number of amides is 1. The first-order valence-electron chi connectivity index (χ1n) is 9.79. The third-order valence-corrected chi connectivity index (χ3v) is 5.54. The van der Waals surface area contributed by atoms with Crippen molar-refractivity contribution in [1.82, 2.24) is 20.3 Å². The van der Waals surface area contributed by atoms with Crippen LogP contribution in [-0.4, -0.2) is 45.7 Å². The summed E-state index contributed by atoms with van der Waals surface area (Å²) in [5, 5.41) is 15.9. The van der Waals surface area contributed by atoms with E-state index < -0.39 is 23.3 Å². The number of alkyl halides is 1. The van der Waals surface area contributed by atoms with Gasteiger partial charge in [-0.3, -0.25) is 9.78 Å². The Balaban J connectivity index is 1.52. The van der Waals surface area contributed by atoms with E-state index in [0.717, 1.165) is 0 Å². The number of pyridine rings is 1. The molecule has 31 heavy (non-hydrogen) atoms. The van der Waals surface area contributed by atoms with Crippen LogP contribution in [0.2, 0.25) is 0 Å². The minimum Gasteiger partial charge on any atom is -0.506 e. The maximum atomic E-state index is 14.3. The van der Waals surface area contributed by atoms with Crippen LogP contribution in [0, 0.1) is 5.82 Å². The molecule has 0 spiro atoms. The number of hydrogen-bond donors (Lipinski definition) is 3. The summed E-state index contributed by atoms with van der Waals surface area (Å²) in [6.45, 7) is 0.234. The number of benzene rings is 1. The Hall–Kier alpha value is -3.62. The molecule has 1 fully saturated rings. The molecule has 0 aliphatic heterocycles. The fraction of sp³-hybridized carbons (Fsp3) is 0.273. The highest BCUT2D eigenvalue weighted by atomic mass is 19.1. The van der Waals surface area contributed by atoms with Crippen molar-refractivity contribution in [3.8, 4) is 16.9 Å². The number of para-hydroxylation sites is 1. The molecule has 0 unspecified atom stereocenters. The number of aromatic hydroxyl groups is 1. The molecular weight excluding hydrogens is 404 g/mol. The average molecular weight is 425 g/mol. The first kappa shape index (κ1) is 20.6. The Bertz CT molecular complexity index is 1100. The van der Waals surface area contributed by atoms with Gasteiger partial charge in [0.15, 0.2) is 0 Å². The van der Waals surface area contributed by atoms with Gasteiger partial charge in [-0.1, -0.05) is 12.1 Å². The molecule has 0 radical (unpaired) electrons. The van der Waals surface area contributed by atoms with Crippen molar-refractivity contribution in [1.29, 1.82) is 0 Å². The number of rotatable bonds is 6. The molecule has 1 aliphatic carbocycles. The van der Waals surface area contributed by atoms with E-state index >= 15 is 0 Å². The highest BCUT2D eigenvalue weighted by Gasteiger charge is 2.48. The average Bonchev–Trinajstić information content (AvgIpc) is 2.76. The summed E-state index contributed by atoms with van der Waals surface area (Å²) in [6.07, 6.45) is 3.85. The molecule has 2 heterocycles. The molecule has 7 nitrogen and oxygen atoms in total. The second-order valence-corrected chi connectivity index (χ2v) is 7.55. The van der Waals surface area contributed by atoms with Gasteiger partial charge in [-0.25, -0.2) is 18.7 Å². The van der Waals surface area contributed by atoms with Crippen molar-refractivity contribution in [2.75, 3.05) is 18.9 Å². The normalized spacial score (nSPS) is 20.0. The number of carbonyl (C=O) groups is 1. The largest absolute Gasteiger partial charge is 0.506 e. The molecular formula is C22H21F2N5O2. The Morgan fingerprint density at radius 2 is 1.94 bits per heavy atom. The molecule has 1 aliphatic rings. The number of aromatic nitrogens is 3. The van der Waals surface area contributed by atoms with Crippen LogP contribution in [0.25, 0.3) is 11.1 Å². The zero-order valence-corrected chi connectivity index (χ0v) is 16.8. The Kier molecular flexibility index (Phi) is 5.50. The number of anilines is 1. The number of phenols is 1. The maximum absolute atomic E-state index is 14.3. The quantitative estimate of drug-likeness (QED) is 0.561. The SMILES string of the molecule is CNC(=O)c1cccc(-c2cnc(NCC3(c4ncccc4F)CC(F)C3)nc2)c1O. The molecule has 1 aromatic carbocycles. The van der Waals surface area contributed by atoms with E-state index in [4.69, 9.17) is 0 Å². The summed E-state index contributed by atoms with van der Waals surface area (Å²) >= 11 is 0. The van der Waals surface area contributed by atoms with Crippen LogP contribution in [-0.2, 0) is 5.41 Å². The van der Waals surface area contributed by atoms with Gasteiger partial charge in [0, 0.05) is 48.7 Å². The summed E-state index contributed by atoms with van der Waals surface area (Å²) in [5.74, 6) is -0.751. The van der Waals surface area contributed by atoms with Crippen molar-refractivity contribution < 1.29 is 18.7 Å². The Morgan fingerprint density at radius 1 is 1.19 bits per heavy atom. The maximum Gasteiger partial charge on any atom is 0.254 e. The summed E-state index contributed by atoms with van der Waals surface area (Å²) in [7, 11) is 1.48. The van der Waals surface area contributed by atoms with Gasteiger partial charge in [-0.2, -0.15) is 0 Å². The minimum atomic E-state index is -0.998. The molecule has 3 N–H and O–H groups in total. The summed E-state index contributed by atoms with van der Waals surface area (Å²) in [5.41, 5.74) is 0.564. The van der Waals surface area contributed by atoms with E-state index in [1.807, 2.05) is 0 Å². The smallest absolute Gasteiger partial charge is 0.254 e. The molecule has 1 saturated carbocycles. The van der Waals surface area contributed by atoms with Crippen LogP contribution in [0.3, 0.4) is 0 Å². The van der Waals surface area contributed by atoms with Crippen molar-refractivity contribution >= 4 is 11.9 Å². The topological polar surface area (TPSA) is 100 Å². The van der Waals surface area contributed by atoms with Gasteiger partial charge in [-0.15, -0.1) is 0 Å². The van der Waals surface area contributed by atoms with Gasteiger partial charge in [-0.05, 0) is 31.0 Å². The molecule has 160 valence electrons. The number of phenolic OH excluding ortho intramolecular Hbond substituents is 1. The lowest BCUT2D eigenvalue weighted by molar-refractivity contribution is 0.0957. The van der Waals surface area contributed by atoms with Gasteiger partial charge in [0.1, 0.15) is 17.7 Å². The van der Waals surface area contributed by atoms with E-state index in [1.165, 1.54) is 43.8 Å². The van der Waals surface area contributed by atoms with E-state index in [0.29, 0.717) is 11.1 Å². The lowest BCUT2D eigenvalue weighted by atomic mass is 9.65. The van der Waals surface area contributed by atoms with Crippen LogP contribution in [0.5, 0.6) is 5.75 Å². The van der Waals surface area contributed by atoms with Gasteiger partial charge < -0.3 is 15.7 Å². The number of hydrogen-bond acceptors (Lipinski definition) is 6. The van der Waals surface area contributed by atoms with Gasteiger partial charge in [0.2, 0.25) is 5.95 Å². The van der Waals surface area contributed by atoms with Crippen molar-refractivity contribution in [2.24, 2.45) is 0 Å². The first-order chi connectivity index (χ1) is 14.9. The molecule has 0 atom stereocenters. The summed E-state index contributed by atoms with van der Waals surface area (Å²) < 4.78 is 27.9. The lowest BCUT2D eigenvalue weighted by Gasteiger charge is -2.43. The third-order valence-electron chi connectivity index (χ3n) is 5.54. The van der Waals surface area contributed by atoms with E-state index in [9.17, 15) is 18.7 Å². The van der Waals surface area contributed by atoms with Crippen LogP contribution in [0.15, 0.2) is 48.9 Å². The Morgan fingerprint density at radius 3 is 2.58 bits per heavy atom. The molecule has 1 amide bonds. The molecule has 0 bridgehead atoms. The second-order valence-electron chi connectivity index (χ2n) is 7.55. The van der Waals surface area contributed by atoms with Crippen LogP contribution in [0.4, 0.5) is 14.7 Å². The molecule has 3 aromatic rings. The van der Waals surface area contributed by atoms with Gasteiger partial charge in [0.05, 0.1) is 11.3 Å². The minimum absolute atomic E-state index is 0.146. The zero-order valence-electron chi connectivity index (χ0n) is 16.8. The summed E-state index contributed by atoms with van der Waals surface area (Å²) in [6, 6.07) is 7.65. The predicted octanol–water partition coefficient (Wildman–Crippen LogP) is 3.22. The number of carbonyl (C=O) groups excluding carboxylic acids is 1. The number of nitrogens with one attached hydrogen (secondary N) is 2. The van der Waals surface area contributed by atoms with E-state index in [-0.39, 0.29) is 42.3 Å². The van der Waals surface area contributed by atoms with Gasteiger partial charge >= 0.3 is 0 Å². The lowest BCUT2D eigenvalue weighted by Crippen LogP contribution is -2.49. The predicted molar refractivity (Wildman–Crippen MR) is 111 cm³/mol. The van der Waals surface area contributed by atoms with Crippen molar-refractivity contribution in [3.05, 3.63) is 66.0 Å². The molecule has 4 rings (SSSR count). The molecule has 2 aromatic heterocycles. The third kappa shape index (κ3) is 3.90. The monoisotopic (exact) mass is 425 g/mol. The van der Waals surface area contributed by atoms with Crippen LogP contribution < -0.4 is 10.6 Å². The van der Waals surface area contributed by atoms with Crippen molar-refractivity contribution in [3.63, 3.8) is 0 Å². The highest BCUT2D eigenvalue weighted by Crippen LogP contribution is 2.45. The standard InChI is InChI=1S/C22H21F2N5O2/c1-25-20(31)16-5-2-4-15(18(16)30)13-10-27-21(28-11-13)29-12-22(8-14(23)9-22)19-17(24)6-3-7-26-19/h2-7,10-11,14,30H,8-9,12H2,1H3,(H,25,31)(H,27,28,29). The van der Waals surface area contributed by atoms with Crippen LogP contribution >= 0.6 is 0 Å². The summed E-state index contributed by atoms with van der Waals surface area (Å²) in [4.78, 5) is 24.5. The van der Waals surface area contributed by atoms with Crippen LogP contribution in [0.1, 0.15) is 28.9 Å². The van der Waals surface area contributed by atoms with E-state index in [1.54, 1.807) is 12.1 Å². The first-order valence-corrected chi connectivity index (χ1v) is 9.79. The molecule has 0 saturated heterocycles. The van der Waals surface area contributed by atoms with E-state index in [2.05, 4.69) is 25.6 Å². The fourth-order valence-corrected chi connectivity index (χ4v) is 3.89.